The number of hydrogen-bond donors (Lipinski definition) is 2. The molecule has 1 heterocycles. The van der Waals surface area contributed by atoms with Gasteiger partial charge in [0, 0.05) is 20.2 Å². The molecule has 0 radical (unpaired) electrons. The van der Waals surface area contributed by atoms with Gasteiger partial charge < -0.3 is 4.74 Å². The van der Waals surface area contributed by atoms with Crippen molar-refractivity contribution in [3.05, 3.63) is 0 Å². The maximum Gasteiger partial charge on any atom is 0.253 e. The highest BCUT2D eigenvalue weighted by Gasteiger charge is 2.28. The lowest BCUT2D eigenvalue weighted by atomic mass is 10.2. The number of amides is 1. The minimum Gasteiger partial charge on any atom is -0.383 e. The molecule has 8 heteroatoms. The van der Waals surface area contributed by atoms with E-state index in [2.05, 4.69) is 5.43 Å². The van der Waals surface area contributed by atoms with Crippen molar-refractivity contribution < 1.29 is 17.9 Å². The lowest BCUT2D eigenvalue weighted by Crippen LogP contribution is -2.52. The van der Waals surface area contributed by atoms with Gasteiger partial charge in [-0.15, -0.1) is 0 Å². The summed E-state index contributed by atoms with van der Waals surface area (Å²) in [6.45, 7) is 1.09. The minimum atomic E-state index is -2.98. The number of hydrogen-bond acceptors (Lipinski definition) is 6. The molecule has 100 valence electrons. The molecule has 1 rings (SSSR count). The average molecular weight is 265 g/mol. The fourth-order valence-electron chi connectivity index (χ4n) is 1.87. The second kappa shape index (κ2) is 6.29. The Balaban J connectivity index is 2.71. The monoisotopic (exact) mass is 265 g/mol. The largest absolute Gasteiger partial charge is 0.383 e. The first-order valence-electron chi connectivity index (χ1n) is 5.44. The van der Waals surface area contributed by atoms with E-state index in [1.165, 1.54) is 7.11 Å². The first kappa shape index (κ1) is 14.4. The molecule has 0 bridgehead atoms. The molecule has 1 unspecified atom stereocenters. The molecule has 0 aromatic rings. The van der Waals surface area contributed by atoms with Crippen LogP contribution in [-0.4, -0.2) is 63.6 Å². The van der Waals surface area contributed by atoms with Gasteiger partial charge in [0.1, 0.15) is 6.04 Å². The van der Waals surface area contributed by atoms with Crippen molar-refractivity contribution in [2.45, 2.75) is 12.5 Å². The molecule has 1 atom stereocenters. The second-order valence-electron chi connectivity index (χ2n) is 4.02. The molecular weight excluding hydrogens is 246 g/mol. The third-order valence-electron chi connectivity index (χ3n) is 2.80. The van der Waals surface area contributed by atoms with Crippen molar-refractivity contribution in [3.8, 4) is 0 Å². The van der Waals surface area contributed by atoms with Gasteiger partial charge in [0.05, 0.1) is 18.1 Å². The van der Waals surface area contributed by atoms with E-state index >= 15 is 0 Å². The Hall–Kier alpha value is -0.700. The number of sulfone groups is 1. The van der Waals surface area contributed by atoms with Crippen molar-refractivity contribution in [3.63, 3.8) is 0 Å². The molecule has 0 saturated carbocycles. The molecule has 1 aliphatic rings. The number of methoxy groups -OCH3 is 1. The minimum absolute atomic E-state index is 0.0745. The molecule has 3 N–H and O–H groups in total. The summed E-state index contributed by atoms with van der Waals surface area (Å²) in [5.74, 6) is 5.00. The number of nitrogens with one attached hydrogen (secondary N) is 1. The predicted molar refractivity (Wildman–Crippen MR) is 62.8 cm³/mol. The van der Waals surface area contributed by atoms with Gasteiger partial charge in [-0.25, -0.2) is 14.3 Å². The predicted octanol–water partition coefficient (Wildman–Crippen LogP) is -1.89. The van der Waals surface area contributed by atoms with Gasteiger partial charge in [-0.05, 0) is 6.42 Å². The number of carbonyl (C=O) groups is 1. The Morgan fingerprint density at radius 2 is 2.18 bits per heavy atom. The molecule has 0 aromatic carbocycles. The van der Waals surface area contributed by atoms with E-state index in [-0.39, 0.29) is 24.0 Å². The summed E-state index contributed by atoms with van der Waals surface area (Å²) in [6.07, 6.45) is 0.528. The highest BCUT2D eigenvalue weighted by Crippen LogP contribution is 2.09. The van der Waals surface area contributed by atoms with Crippen molar-refractivity contribution in [2.75, 3.05) is 38.3 Å². The van der Waals surface area contributed by atoms with E-state index in [0.717, 1.165) is 0 Å². The van der Waals surface area contributed by atoms with E-state index in [1.54, 1.807) is 4.90 Å². The summed E-state index contributed by atoms with van der Waals surface area (Å²) in [6, 6.07) is -0.529. The zero-order valence-electron chi connectivity index (χ0n) is 9.89. The van der Waals surface area contributed by atoms with Crippen LogP contribution < -0.4 is 11.3 Å². The number of carbonyl (C=O) groups excluding carboxylic acids is 1. The van der Waals surface area contributed by atoms with Crippen LogP contribution in [-0.2, 0) is 19.4 Å². The Kier molecular flexibility index (Phi) is 5.31. The Morgan fingerprint density at radius 1 is 1.47 bits per heavy atom. The quantitative estimate of drug-likeness (QED) is 0.350. The molecule has 0 spiro atoms. The fourth-order valence-corrected chi connectivity index (χ4v) is 3.16. The van der Waals surface area contributed by atoms with Crippen LogP contribution in [0.1, 0.15) is 6.42 Å². The van der Waals surface area contributed by atoms with Gasteiger partial charge in [0.15, 0.2) is 9.84 Å². The van der Waals surface area contributed by atoms with Crippen molar-refractivity contribution in [1.82, 2.24) is 10.3 Å². The maximum absolute atomic E-state index is 11.6. The third kappa shape index (κ3) is 4.23. The molecule has 1 amide bonds. The van der Waals surface area contributed by atoms with Crippen molar-refractivity contribution >= 4 is 15.7 Å². The molecule has 0 aromatic heterocycles. The summed E-state index contributed by atoms with van der Waals surface area (Å²) in [5, 5.41) is 0. The molecule has 1 saturated heterocycles. The van der Waals surface area contributed by atoms with E-state index in [4.69, 9.17) is 10.6 Å². The molecular formula is C9H19N3O4S. The smallest absolute Gasteiger partial charge is 0.253 e. The Labute approximate surface area is 101 Å². The highest BCUT2D eigenvalue weighted by molar-refractivity contribution is 7.91. The van der Waals surface area contributed by atoms with Crippen LogP contribution in [0.15, 0.2) is 0 Å². The number of ether oxygens (including phenoxy) is 1. The molecule has 1 aliphatic heterocycles. The summed E-state index contributed by atoms with van der Waals surface area (Å²) < 4.78 is 27.9. The van der Waals surface area contributed by atoms with Gasteiger partial charge >= 0.3 is 0 Å². The van der Waals surface area contributed by atoms with Gasteiger partial charge in [-0.2, -0.15) is 0 Å². The number of nitrogens with zero attached hydrogens (tertiary/aromatic N) is 1. The second-order valence-corrected chi connectivity index (χ2v) is 6.32. The van der Waals surface area contributed by atoms with Gasteiger partial charge in [0.2, 0.25) is 0 Å². The SMILES string of the molecule is COCC(C(=O)NN)N1CCCS(=O)(=O)CC1. The molecule has 7 nitrogen and oxygen atoms in total. The van der Waals surface area contributed by atoms with E-state index in [0.29, 0.717) is 19.5 Å². The van der Waals surface area contributed by atoms with Crippen LogP contribution in [0.2, 0.25) is 0 Å². The van der Waals surface area contributed by atoms with Gasteiger partial charge in [0.25, 0.3) is 5.91 Å². The van der Waals surface area contributed by atoms with Crippen LogP contribution in [0, 0.1) is 0 Å². The zero-order chi connectivity index (χ0) is 12.9. The average Bonchev–Trinajstić information content (AvgIpc) is 2.46. The normalized spacial score (nSPS) is 22.7. The van der Waals surface area contributed by atoms with Crippen LogP contribution in [0.25, 0.3) is 0 Å². The molecule has 1 fully saturated rings. The first-order valence-corrected chi connectivity index (χ1v) is 7.26. The van der Waals surface area contributed by atoms with E-state index in [9.17, 15) is 13.2 Å². The lowest BCUT2D eigenvalue weighted by molar-refractivity contribution is -0.128. The molecule has 17 heavy (non-hydrogen) atoms. The number of nitrogens with two attached hydrogens (primary N) is 1. The summed E-state index contributed by atoms with van der Waals surface area (Å²) in [5.41, 5.74) is 2.08. The highest BCUT2D eigenvalue weighted by atomic mass is 32.2. The van der Waals surface area contributed by atoms with Crippen molar-refractivity contribution in [2.24, 2.45) is 5.84 Å². The number of hydrazine groups is 1. The summed E-state index contributed by atoms with van der Waals surface area (Å²) in [7, 11) is -1.49. The van der Waals surface area contributed by atoms with Crippen LogP contribution >= 0.6 is 0 Å². The Morgan fingerprint density at radius 3 is 2.76 bits per heavy atom. The van der Waals surface area contributed by atoms with E-state index in [1.807, 2.05) is 0 Å². The van der Waals surface area contributed by atoms with Gasteiger partial charge in [-0.1, -0.05) is 0 Å². The third-order valence-corrected chi connectivity index (χ3v) is 4.52. The van der Waals surface area contributed by atoms with Crippen LogP contribution in [0.5, 0.6) is 0 Å². The Bertz CT molecular complexity index is 357. The number of rotatable bonds is 4. The lowest BCUT2D eigenvalue weighted by Gasteiger charge is -2.27. The summed E-state index contributed by atoms with van der Waals surface area (Å²) in [4.78, 5) is 13.4. The zero-order valence-corrected chi connectivity index (χ0v) is 10.7. The van der Waals surface area contributed by atoms with Crippen molar-refractivity contribution in [1.29, 1.82) is 0 Å². The first-order chi connectivity index (χ1) is 8.00. The fraction of sp³-hybridized carbons (Fsp3) is 0.889. The molecule has 0 aliphatic carbocycles. The van der Waals surface area contributed by atoms with Crippen LogP contribution in [0.4, 0.5) is 0 Å². The summed E-state index contributed by atoms with van der Waals surface area (Å²) >= 11 is 0. The van der Waals surface area contributed by atoms with Gasteiger partial charge in [-0.3, -0.25) is 15.1 Å². The van der Waals surface area contributed by atoms with Crippen LogP contribution in [0.3, 0.4) is 0 Å². The standard InChI is InChI=1S/C9H19N3O4S/c1-16-7-8(9(13)11-10)12-3-2-5-17(14,15)6-4-12/h8H,2-7,10H2,1H3,(H,11,13). The maximum atomic E-state index is 11.6. The van der Waals surface area contributed by atoms with E-state index < -0.39 is 15.9 Å². The topological polar surface area (TPSA) is 102 Å².